The maximum absolute atomic E-state index is 5.68. The predicted octanol–water partition coefficient (Wildman–Crippen LogP) is 4.11. The van der Waals surface area contributed by atoms with Crippen LogP contribution in [0.4, 0.5) is 5.69 Å². The first kappa shape index (κ1) is 13.4. The van der Waals surface area contributed by atoms with Gasteiger partial charge in [0.25, 0.3) is 5.89 Å². The lowest BCUT2D eigenvalue weighted by atomic mass is 10.0. The van der Waals surface area contributed by atoms with Crippen molar-refractivity contribution < 1.29 is 4.52 Å². The number of nitrogen functional groups attached to an aromatic ring is 1. The topological polar surface area (TPSA) is 64.9 Å². The smallest absolute Gasteiger partial charge is 0.258 e. The van der Waals surface area contributed by atoms with Crippen LogP contribution in [0.25, 0.3) is 22.8 Å². The molecule has 0 amide bonds. The van der Waals surface area contributed by atoms with Crippen LogP contribution in [-0.4, -0.2) is 10.1 Å². The first-order valence-corrected chi connectivity index (χ1v) is 6.93. The Hall–Kier alpha value is -2.62. The maximum Gasteiger partial charge on any atom is 0.258 e. The monoisotopic (exact) mass is 279 g/mol. The van der Waals surface area contributed by atoms with E-state index in [1.165, 1.54) is 5.56 Å². The number of anilines is 1. The first-order chi connectivity index (χ1) is 10.1. The molecule has 2 N–H and O–H groups in total. The zero-order valence-electron chi connectivity index (χ0n) is 12.1. The summed E-state index contributed by atoms with van der Waals surface area (Å²) in [4.78, 5) is 4.44. The van der Waals surface area contributed by atoms with Crippen LogP contribution in [0.15, 0.2) is 53.1 Å². The van der Waals surface area contributed by atoms with Gasteiger partial charge in [0.05, 0.1) is 0 Å². The van der Waals surface area contributed by atoms with E-state index < -0.39 is 0 Å². The summed E-state index contributed by atoms with van der Waals surface area (Å²) >= 11 is 0. The zero-order chi connectivity index (χ0) is 14.8. The van der Waals surface area contributed by atoms with Gasteiger partial charge in [0.2, 0.25) is 5.82 Å². The largest absolute Gasteiger partial charge is 0.399 e. The van der Waals surface area contributed by atoms with Crippen LogP contribution < -0.4 is 5.73 Å². The van der Waals surface area contributed by atoms with Crippen LogP contribution >= 0.6 is 0 Å². The van der Waals surface area contributed by atoms with Crippen molar-refractivity contribution in [3.8, 4) is 22.8 Å². The molecular formula is C17H17N3O. The van der Waals surface area contributed by atoms with Crippen molar-refractivity contribution in [3.63, 3.8) is 0 Å². The third-order valence-electron chi connectivity index (χ3n) is 3.42. The molecule has 0 fully saturated rings. The number of rotatable bonds is 3. The Bertz CT molecular complexity index is 727. The van der Waals surface area contributed by atoms with E-state index in [1.807, 2.05) is 36.4 Å². The van der Waals surface area contributed by atoms with Crippen molar-refractivity contribution in [1.29, 1.82) is 0 Å². The summed E-state index contributed by atoms with van der Waals surface area (Å²) in [5, 5.41) is 4.02. The summed E-state index contributed by atoms with van der Waals surface area (Å²) in [7, 11) is 0. The molecule has 3 rings (SSSR count). The summed E-state index contributed by atoms with van der Waals surface area (Å²) in [5.41, 5.74) is 9.49. The molecule has 21 heavy (non-hydrogen) atoms. The van der Waals surface area contributed by atoms with Crippen molar-refractivity contribution in [3.05, 3.63) is 54.1 Å². The summed E-state index contributed by atoms with van der Waals surface area (Å²) in [6.45, 7) is 4.34. The number of nitrogens with zero attached hydrogens (tertiary/aromatic N) is 2. The fraction of sp³-hybridized carbons (Fsp3) is 0.176. The Morgan fingerprint density at radius 3 is 2.14 bits per heavy atom. The van der Waals surface area contributed by atoms with Gasteiger partial charge in [-0.15, -0.1) is 0 Å². The average molecular weight is 279 g/mol. The zero-order valence-corrected chi connectivity index (χ0v) is 12.1. The lowest BCUT2D eigenvalue weighted by molar-refractivity contribution is 0.432. The highest BCUT2D eigenvalue weighted by Crippen LogP contribution is 2.24. The van der Waals surface area contributed by atoms with Gasteiger partial charge in [0, 0.05) is 16.8 Å². The van der Waals surface area contributed by atoms with E-state index in [1.54, 1.807) is 0 Å². The normalized spacial score (nSPS) is 11.0. The maximum atomic E-state index is 5.68. The predicted molar refractivity (Wildman–Crippen MR) is 83.7 cm³/mol. The molecule has 0 aliphatic rings. The van der Waals surface area contributed by atoms with Crippen molar-refractivity contribution >= 4 is 5.69 Å². The molecule has 1 aromatic heterocycles. The van der Waals surface area contributed by atoms with Crippen molar-refractivity contribution in [1.82, 2.24) is 10.1 Å². The van der Waals surface area contributed by atoms with Gasteiger partial charge in [0.15, 0.2) is 0 Å². The molecule has 0 bridgehead atoms. The molecule has 0 radical (unpaired) electrons. The quantitative estimate of drug-likeness (QED) is 0.733. The highest BCUT2D eigenvalue weighted by molar-refractivity contribution is 5.61. The van der Waals surface area contributed by atoms with Crippen molar-refractivity contribution in [2.75, 3.05) is 5.73 Å². The Labute approximate surface area is 123 Å². The van der Waals surface area contributed by atoms with Gasteiger partial charge in [0.1, 0.15) is 0 Å². The summed E-state index contributed by atoms with van der Waals surface area (Å²) < 4.78 is 5.34. The number of benzene rings is 2. The Morgan fingerprint density at radius 2 is 1.52 bits per heavy atom. The molecule has 0 unspecified atom stereocenters. The van der Waals surface area contributed by atoms with Gasteiger partial charge in [-0.25, -0.2) is 0 Å². The molecule has 0 aliphatic heterocycles. The molecule has 3 aromatic rings. The summed E-state index contributed by atoms with van der Waals surface area (Å²) in [5.74, 6) is 1.60. The van der Waals surface area contributed by atoms with Crippen LogP contribution in [0, 0.1) is 0 Å². The molecular weight excluding hydrogens is 262 g/mol. The summed E-state index contributed by atoms with van der Waals surface area (Å²) in [6, 6.07) is 15.6. The van der Waals surface area contributed by atoms with Gasteiger partial charge < -0.3 is 10.3 Å². The lowest BCUT2D eigenvalue weighted by Crippen LogP contribution is -1.87. The second-order valence-electron chi connectivity index (χ2n) is 5.32. The van der Waals surface area contributed by atoms with E-state index in [0.29, 0.717) is 23.3 Å². The molecule has 0 aliphatic carbocycles. The SMILES string of the molecule is CC(C)c1ccc(-c2nc(-c3ccc(N)cc3)no2)cc1. The van der Waals surface area contributed by atoms with Gasteiger partial charge in [-0.2, -0.15) is 4.98 Å². The third-order valence-corrected chi connectivity index (χ3v) is 3.42. The van der Waals surface area contributed by atoms with Gasteiger partial charge in [-0.1, -0.05) is 31.1 Å². The average Bonchev–Trinajstić information content (AvgIpc) is 2.98. The van der Waals surface area contributed by atoms with Gasteiger partial charge in [-0.05, 0) is 47.9 Å². The summed E-state index contributed by atoms with van der Waals surface area (Å²) in [6.07, 6.45) is 0. The number of hydrogen-bond acceptors (Lipinski definition) is 4. The molecule has 2 aromatic carbocycles. The molecule has 0 saturated carbocycles. The Balaban J connectivity index is 1.89. The van der Waals surface area contributed by atoms with E-state index in [-0.39, 0.29) is 0 Å². The molecule has 4 nitrogen and oxygen atoms in total. The van der Waals surface area contributed by atoms with Crippen LogP contribution in [-0.2, 0) is 0 Å². The van der Waals surface area contributed by atoms with Crippen LogP contribution in [0.2, 0.25) is 0 Å². The number of hydrogen-bond donors (Lipinski definition) is 1. The Morgan fingerprint density at radius 1 is 0.905 bits per heavy atom. The molecule has 0 saturated heterocycles. The fourth-order valence-corrected chi connectivity index (χ4v) is 2.10. The highest BCUT2D eigenvalue weighted by Gasteiger charge is 2.10. The fourth-order valence-electron chi connectivity index (χ4n) is 2.10. The van der Waals surface area contributed by atoms with Crippen LogP contribution in [0.5, 0.6) is 0 Å². The molecule has 4 heteroatoms. The minimum absolute atomic E-state index is 0.507. The molecule has 0 spiro atoms. The minimum atomic E-state index is 0.507. The van der Waals surface area contributed by atoms with Gasteiger partial charge >= 0.3 is 0 Å². The standard InChI is InChI=1S/C17H17N3O/c1-11(2)12-3-5-14(6-4-12)17-19-16(20-21-17)13-7-9-15(18)10-8-13/h3-11H,18H2,1-2H3. The van der Waals surface area contributed by atoms with Crippen molar-refractivity contribution in [2.24, 2.45) is 0 Å². The second kappa shape index (κ2) is 5.40. The first-order valence-electron chi connectivity index (χ1n) is 6.93. The number of aromatic nitrogens is 2. The van der Waals surface area contributed by atoms with E-state index in [2.05, 4.69) is 36.1 Å². The minimum Gasteiger partial charge on any atom is -0.399 e. The second-order valence-corrected chi connectivity index (χ2v) is 5.32. The van der Waals surface area contributed by atoms with E-state index in [9.17, 15) is 0 Å². The third kappa shape index (κ3) is 2.79. The Kier molecular flexibility index (Phi) is 3.44. The number of nitrogens with two attached hydrogens (primary N) is 1. The van der Waals surface area contributed by atoms with Gasteiger partial charge in [-0.3, -0.25) is 0 Å². The molecule has 1 heterocycles. The van der Waals surface area contributed by atoms with E-state index in [0.717, 1.165) is 11.1 Å². The van der Waals surface area contributed by atoms with Crippen LogP contribution in [0.3, 0.4) is 0 Å². The van der Waals surface area contributed by atoms with E-state index >= 15 is 0 Å². The lowest BCUT2D eigenvalue weighted by Gasteiger charge is -2.04. The molecule has 106 valence electrons. The highest BCUT2D eigenvalue weighted by atomic mass is 16.5. The molecule has 0 atom stereocenters. The van der Waals surface area contributed by atoms with Crippen LogP contribution in [0.1, 0.15) is 25.3 Å². The van der Waals surface area contributed by atoms with Crippen molar-refractivity contribution in [2.45, 2.75) is 19.8 Å². The van der Waals surface area contributed by atoms with E-state index in [4.69, 9.17) is 10.3 Å².